The van der Waals surface area contributed by atoms with E-state index in [1.54, 1.807) is 0 Å². The average Bonchev–Trinajstić information content (AvgIpc) is 3.12. The van der Waals surface area contributed by atoms with Crippen LogP contribution in [-0.4, -0.2) is 35.3 Å². The Morgan fingerprint density at radius 2 is 0.537 bits per heavy atom. The topological polar surface area (TPSA) is 98.7 Å². The van der Waals surface area contributed by atoms with Crippen molar-refractivity contribution in [2.75, 3.05) is 13.2 Å². The van der Waals surface area contributed by atoms with Gasteiger partial charge >= 0.3 is 59.1 Å². The number of ether oxygens (including phenoxy) is 2. The van der Waals surface area contributed by atoms with Crippen molar-refractivity contribution in [3.63, 3.8) is 0 Å². The van der Waals surface area contributed by atoms with Gasteiger partial charge < -0.3 is 29.3 Å². The molecule has 0 rings (SSSR count). The summed E-state index contributed by atoms with van der Waals surface area (Å²) in [5.41, 5.74) is 0. The van der Waals surface area contributed by atoms with E-state index in [0.717, 1.165) is 12.8 Å². The van der Waals surface area contributed by atoms with Gasteiger partial charge in [0.1, 0.15) is 0 Å². The van der Waals surface area contributed by atoms with E-state index in [0.29, 0.717) is 23.3 Å². The molecule has 0 aliphatic heterocycles. The van der Waals surface area contributed by atoms with Crippen LogP contribution in [0.4, 0.5) is 0 Å². The number of carboxylic acid groups (broad SMARTS) is 2. The van der Waals surface area contributed by atoms with Crippen LogP contribution >= 0.6 is 24.4 Å². The van der Waals surface area contributed by atoms with E-state index in [1.165, 1.54) is 193 Å². The summed E-state index contributed by atoms with van der Waals surface area (Å²) in [5.74, 6) is -2.14. The molecule has 0 N–H and O–H groups in total. The van der Waals surface area contributed by atoms with E-state index in [9.17, 15) is 19.8 Å². The Morgan fingerprint density at radius 1 is 0.352 bits per heavy atom. The van der Waals surface area contributed by atoms with Gasteiger partial charge in [0.05, 0.1) is 13.2 Å². The van der Waals surface area contributed by atoms with Gasteiger partial charge in [-0.2, -0.15) is 0 Å². The molecule has 308 valence electrons. The molecule has 0 heterocycles. The van der Waals surface area contributed by atoms with Crippen LogP contribution < -0.4 is 69.3 Å². The van der Waals surface area contributed by atoms with Gasteiger partial charge in [-0.15, -0.1) is 0 Å². The van der Waals surface area contributed by atoms with E-state index in [1.807, 2.05) is 0 Å². The minimum Gasteiger partial charge on any atom is -0.550 e. The Bertz CT molecular complexity index is 739. The molecule has 0 aliphatic rings. The summed E-state index contributed by atoms with van der Waals surface area (Å²) in [6.45, 7) is 5.78. The first-order valence-electron chi connectivity index (χ1n) is 22.0. The van der Waals surface area contributed by atoms with Gasteiger partial charge in [-0.3, -0.25) is 0 Å². The van der Waals surface area contributed by atoms with Crippen molar-refractivity contribution in [2.45, 2.75) is 245 Å². The summed E-state index contributed by atoms with van der Waals surface area (Å²) in [7, 11) is 0. The van der Waals surface area contributed by atoms with Gasteiger partial charge in [-0.25, -0.2) is 0 Å². The predicted molar refractivity (Wildman–Crippen MR) is 225 cm³/mol. The second-order valence-electron chi connectivity index (χ2n) is 14.8. The largest absolute Gasteiger partial charge is 1.00 e. The zero-order valence-electron chi connectivity index (χ0n) is 36.1. The van der Waals surface area contributed by atoms with Crippen molar-refractivity contribution in [1.82, 2.24) is 0 Å². The first-order valence-corrected chi connectivity index (χ1v) is 22.9. The van der Waals surface area contributed by atoms with E-state index < -0.39 is 11.9 Å². The Balaban J connectivity index is -0.000000446. The molecule has 0 fully saturated rings. The number of hydrogen-bond donors (Lipinski definition) is 0. The molecule has 10 heteroatoms. The number of rotatable bonds is 40. The number of carboxylic acids is 2. The maximum atomic E-state index is 10.3. The monoisotopic (exact) mass is 817 g/mol. The molecule has 0 amide bonds. The number of carbonyl (C=O) groups is 2. The van der Waals surface area contributed by atoms with Crippen LogP contribution in [0, 0.1) is 0 Å². The number of hydrogen-bond acceptors (Lipinski definition) is 8. The van der Waals surface area contributed by atoms with Crippen molar-refractivity contribution in [3.8, 4) is 0 Å². The fraction of sp³-hybridized carbons (Fsp3) is 0.909. The van der Waals surface area contributed by atoms with Gasteiger partial charge in [0, 0.05) is 24.8 Å². The first kappa shape index (κ1) is 61.4. The van der Waals surface area contributed by atoms with Gasteiger partial charge in [0.15, 0.2) is 10.1 Å². The first-order chi connectivity index (χ1) is 25.3. The minimum atomic E-state index is -1.07. The summed E-state index contributed by atoms with van der Waals surface area (Å²) >= 11 is 9.94. The molecule has 54 heavy (non-hydrogen) atoms. The van der Waals surface area contributed by atoms with Crippen LogP contribution in [-0.2, 0) is 19.1 Å². The summed E-state index contributed by atoms with van der Waals surface area (Å²) in [4.78, 5) is 20.6. The molecule has 0 saturated carbocycles. The molecular formula is C44H82Na2O6S2. The normalized spacial score (nSPS) is 10.4. The van der Waals surface area contributed by atoms with Crippen LogP contribution in [0.25, 0.3) is 0 Å². The zero-order chi connectivity index (χ0) is 38.6. The molecule has 0 aromatic heterocycles. The third kappa shape index (κ3) is 59.4. The molecule has 6 nitrogen and oxygen atoms in total. The van der Waals surface area contributed by atoms with Gasteiger partial charge in [-0.1, -0.05) is 206 Å². The van der Waals surface area contributed by atoms with E-state index >= 15 is 0 Å². The Morgan fingerprint density at radius 3 is 0.722 bits per heavy atom. The predicted octanol–water partition coefficient (Wildman–Crippen LogP) is 6.25. The SMILES string of the molecule is CCCCCCCCCCCCCCCCCCOC(=S)CCC(=O)[O-].CCCCCCCCCCCCCCCCCCOC(=S)CCC(=O)[O-].[Na+].[Na+]. The van der Waals surface area contributed by atoms with E-state index in [2.05, 4.69) is 13.8 Å². The zero-order valence-corrected chi connectivity index (χ0v) is 41.8. The molecule has 0 aliphatic carbocycles. The van der Waals surface area contributed by atoms with Crippen LogP contribution in [0.1, 0.15) is 245 Å². The van der Waals surface area contributed by atoms with Crippen LogP contribution in [0.15, 0.2) is 0 Å². The molecule has 0 spiro atoms. The fourth-order valence-corrected chi connectivity index (χ4v) is 6.60. The van der Waals surface area contributed by atoms with Crippen molar-refractivity contribution in [3.05, 3.63) is 0 Å². The van der Waals surface area contributed by atoms with Crippen molar-refractivity contribution in [2.24, 2.45) is 0 Å². The quantitative estimate of drug-likeness (QED) is 0.0407. The summed E-state index contributed by atoms with van der Waals surface area (Å²) in [5, 5.41) is 21.4. The third-order valence-electron chi connectivity index (χ3n) is 9.59. The second kappa shape index (κ2) is 53.7. The maximum Gasteiger partial charge on any atom is 1.00 e. The minimum absolute atomic E-state index is 0. The molecule has 0 bridgehead atoms. The molecule has 0 atom stereocenters. The molecule has 0 aromatic carbocycles. The van der Waals surface area contributed by atoms with Gasteiger partial charge in [-0.05, 0) is 50.1 Å². The average molecular weight is 817 g/mol. The Kier molecular flexibility index (Phi) is 61.1. The maximum absolute atomic E-state index is 10.3. The second-order valence-corrected chi connectivity index (χ2v) is 15.7. The van der Waals surface area contributed by atoms with Gasteiger partial charge in [0.2, 0.25) is 0 Å². The Hall–Kier alpha value is 0.720. The van der Waals surface area contributed by atoms with Crippen LogP contribution in [0.2, 0.25) is 0 Å². The van der Waals surface area contributed by atoms with Crippen molar-refractivity contribution < 1.29 is 88.4 Å². The van der Waals surface area contributed by atoms with E-state index in [4.69, 9.17) is 33.9 Å². The summed E-state index contributed by atoms with van der Waals surface area (Å²) in [6.07, 6.45) is 43.7. The smallest absolute Gasteiger partial charge is 0.550 e. The number of aliphatic carboxylic acids is 2. The summed E-state index contributed by atoms with van der Waals surface area (Å²) in [6, 6.07) is 0. The molecule has 0 radical (unpaired) electrons. The molecule has 0 unspecified atom stereocenters. The van der Waals surface area contributed by atoms with Gasteiger partial charge in [0.25, 0.3) is 0 Å². The van der Waals surface area contributed by atoms with E-state index in [-0.39, 0.29) is 84.8 Å². The standard InChI is InChI=1S/2C22H42O3S.2Na/c2*1-2-3-4-5-6-7-8-9-10-11-12-13-14-15-16-17-20-25-22(26)19-18-21(23)24;;/h2*2-20H2,1H3,(H,23,24);;/q;;2*+1/p-2. The Labute approximate surface area is 389 Å². The molecule has 0 saturated heterocycles. The van der Waals surface area contributed by atoms with Crippen LogP contribution in [0.5, 0.6) is 0 Å². The molecule has 0 aromatic rings. The number of thiocarbonyl (C=S) groups is 2. The fourth-order valence-electron chi connectivity index (χ4n) is 6.22. The number of unbranched alkanes of at least 4 members (excludes halogenated alkanes) is 30. The van der Waals surface area contributed by atoms with Crippen LogP contribution in [0.3, 0.4) is 0 Å². The molecular weight excluding hydrogens is 735 g/mol. The summed E-state index contributed by atoms with van der Waals surface area (Å²) < 4.78 is 10.7. The number of carbonyl (C=O) groups excluding carboxylic acids is 2. The third-order valence-corrected chi connectivity index (χ3v) is 10.2. The van der Waals surface area contributed by atoms with Crippen molar-refractivity contribution >= 4 is 46.5 Å². The van der Waals surface area contributed by atoms with Crippen molar-refractivity contribution in [1.29, 1.82) is 0 Å².